The molecule has 1 saturated heterocycles. The van der Waals surface area contributed by atoms with Crippen molar-refractivity contribution in [1.29, 1.82) is 0 Å². The molecule has 6 nitrogen and oxygen atoms in total. The van der Waals surface area contributed by atoms with Crippen LogP contribution in [0, 0.1) is 5.92 Å². The summed E-state index contributed by atoms with van der Waals surface area (Å²) < 4.78 is 6.60. The predicted octanol–water partition coefficient (Wildman–Crippen LogP) is 3.15. The van der Waals surface area contributed by atoms with Crippen molar-refractivity contribution < 1.29 is 14.9 Å². The number of phenols is 1. The van der Waals surface area contributed by atoms with Gasteiger partial charge in [0.05, 0.1) is 16.7 Å². The second kappa shape index (κ2) is 5.43. The fourth-order valence-electron chi connectivity index (χ4n) is 7.71. The van der Waals surface area contributed by atoms with Gasteiger partial charge in [-0.25, -0.2) is 0 Å². The first-order valence-electron chi connectivity index (χ1n) is 11.9. The van der Waals surface area contributed by atoms with Crippen LogP contribution in [-0.2, 0) is 18.3 Å². The Kier molecular flexibility index (Phi) is 3.02. The van der Waals surface area contributed by atoms with Gasteiger partial charge < -0.3 is 25.7 Å². The molecule has 5 N–H and O–H groups in total. The highest BCUT2D eigenvalue weighted by Gasteiger charge is 2.72. The Morgan fingerprint density at radius 1 is 1.22 bits per heavy atom. The SMILES string of the molecule is Nc1cccc2[nH]c3c(c12)C[C@@]1(O)[C@H]2Cc4ccc(O)c5c4[C@@]1(CCN2CC1CC1)[C@H]3O5. The van der Waals surface area contributed by atoms with Crippen LogP contribution in [0.5, 0.6) is 11.5 Å². The van der Waals surface area contributed by atoms with Crippen LogP contribution < -0.4 is 10.5 Å². The number of rotatable bonds is 2. The maximum atomic E-state index is 12.8. The highest BCUT2D eigenvalue weighted by Crippen LogP contribution is 2.69. The number of nitrogens with zero attached hydrogens (tertiary/aromatic N) is 1. The van der Waals surface area contributed by atoms with Gasteiger partial charge in [0.1, 0.15) is 0 Å². The van der Waals surface area contributed by atoms with Gasteiger partial charge >= 0.3 is 0 Å². The van der Waals surface area contributed by atoms with Gasteiger partial charge in [-0.1, -0.05) is 12.1 Å². The summed E-state index contributed by atoms with van der Waals surface area (Å²) in [4.78, 5) is 6.16. The molecule has 2 aromatic carbocycles. The summed E-state index contributed by atoms with van der Waals surface area (Å²) in [5.41, 5.74) is 11.0. The summed E-state index contributed by atoms with van der Waals surface area (Å²) in [5.74, 6) is 1.51. The number of phenolic OH excluding ortho intramolecular Hbond substituents is 1. The summed E-state index contributed by atoms with van der Waals surface area (Å²) >= 11 is 0. The molecule has 3 aliphatic carbocycles. The molecule has 2 aliphatic heterocycles. The monoisotopic (exact) mass is 429 g/mol. The van der Waals surface area contributed by atoms with E-state index in [2.05, 4.69) is 9.88 Å². The van der Waals surface area contributed by atoms with E-state index in [1.807, 2.05) is 24.3 Å². The van der Waals surface area contributed by atoms with Gasteiger partial charge in [0.15, 0.2) is 17.6 Å². The standard InChI is InChI=1S/C26H27N3O3/c27-16-2-1-3-17-20(16)15-11-26(31)19-10-14-6-7-18(30)23-21(14)25(26,24(32-23)22(15)28-17)8-9-29(19)12-13-4-5-13/h1-3,6-7,13,19,24,28,30-31H,4-5,8-12,27H2/t19-,24+,25+,26-/m1/s1. The van der Waals surface area contributed by atoms with Crippen molar-refractivity contribution in [1.82, 2.24) is 9.88 Å². The minimum Gasteiger partial charge on any atom is -0.504 e. The Morgan fingerprint density at radius 2 is 2.09 bits per heavy atom. The Morgan fingerprint density at radius 3 is 2.94 bits per heavy atom. The molecule has 2 fully saturated rings. The van der Waals surface area contributed by atoms with Crippen molar-refractivity contribution >= 4 is 16.6 Å². The number of nitrogen functional groups attached to an aromatic ring is 1. The van der Waals surface area contributed by atoms with Gasteiger partial charge in [0.2, 0.25) is 0 Å². The number of hydrogen-bond donors (Lipinski definition) is 4. The Balaban J connectivity index is 1.43. The van der Waals surface area contributed by atoms with Gasteiger partial charge in [0.25, 0.3) is 0 Å². The zero-order chi connectivity index (χ0) is 21.4. The largest absolute Gasteiger partial charge is 0.504 e. The number of ether oxygens (including phenoxy) is 1. The number of nitrogens with two attached hydrogens (primary N) is 1. The first kappa shape index (κ1) is 17.8. The molecule has 5 aliphatic rings. The molecule has 8 rings (SSSR count). The van der Waals surface area contributed by atoms with Crippen LogP contribution in [0.15, 0.2) is 30.3 Å². The zero-order valence-electron chi connectivity index (χ0n) is 17.9. The summed E-state index contributed by atoms with van der Waals surface area (Å²) in [6.07, 6.45) is 4.42. The number of fused-ring (bicyclic) bond motifs is 4. The lowest BCUT2D eigenvalue weighted by atomic mass is 9.49. The molecule has 3 heterocycles. The van der Waals surface area contributed by atoms with Gasteiger partial charge in [-0.05, 0) is 67.5 Å². The van der Waals surface area contributed by atoms with E-state index in [0.29, 0.717) is 12.2 Å². The number of anilines is 1. The first-order valence-corrected chi connectivity index (χ1v) is 11.9. The van der Waals surface area contributed by atoms with Crippen LogP contribution in [0.25, 0.3) is 10.9 Å². The minimum atomic E-state index is -0.971. The summed E-state index contributed by atoms with van der Waals surface area (Å²) in [7, 11) is 0. The maximum Gasteiger partial charge on any atom is 0.166 e. The lowest BCUT2D eigenvalue weighted by molar-refractivity contribution is -0.173. The Hall–Kier alpha value is -2.70. The van der Waals surface area contributed by atoms with Gasteiger partial charge in [0, 0.05) is 41.2 Å². The van der Waals surface area contributed by atoms with Gasteiger partial charge in [-0.3, -0.25) is 4.90 Å². The Bertz CT molecular complexity index is 1330. The zero-order valence-corrected chi connectivity index (χ0v) is 17.9. The van der Waals surface area contributed by atoms with E-state index < -0.39 is 11.0 Å². The first-order chi connectivity index (χ1) is 15.5. The maximum absolute atomic E-state index is 12.8. The van der Waals surface area contributed by atoms with Crippen molar-refractivity contribution in [3.8, 4) is 11.5 Å². The predicted molar refractivity (Wildman–Crippen MR) is 121 cm³/mol. The van der Waals surface area contributed by atoms with E-state index in [1.165, 1.54) is 18.4 Å². The van der Waals surface area contributed by atoms with E-state index in [-0.39, 0.29) is 17.9 Å². The number of nitrogens with one attached hydrogen (secondary N) is 1. The van der Waals surface area contributed by atoms with E-state index in [4.69, 9.17) is 10.5 Å². The average molecular weight is 430 g/mol. The number of aromatic nitrogens is 1. The number of H-pyrrole nitrogens is 1. The molecule has 0 unspecified atom stereocenters. The second-order valence-electron chi connectivity index (χ2n) is 10.7. The van der Waals surface area contributed by atoms with Crippen LogP contribution in [0.2, 0.25) is 0 Å². The number of aromatic amines is 1. The highest BCUT2D eigenvalue weighted by atomic mass is 16.5. The number of aromatic hydroxyl groups is 1. The van der Waals surface area contributed by atoms with Crippen molar-refractivity contribution in [2.45, 2.75) is 55.3 Å². The van der Waals surface area contributed by atoms with Crippen molar-refractivity contribution in [3.05, 3.63) is 52.7 Å². The van der Waals surface area contributed by atoms with E-state index >= 15 is 0 Å². The van der Waals surface area contributed by atoms with Crippen molar-refractivity contribution in [3.63, 3.8) is 0 Å². The lowest BCUT2D eigenvalue weighted by Crippen LogP contribution is -2.74. The highest BCUT2D eigenvalue weighted by molar-refractivity contribution is 5.95. The quantitative estimate of drug-likeness (QED) is 0.470. The lowest BCUT2D eigenvalue weighted by Gasteiger charge is -2.62. The molecule has 6 heteroatoms. The second-order valence-corrected chi connectivity index (χ2v) is 10.7. The van der Waals surface area contributed by atoms with E-state index in [1.54, 1.807) is 6.07 Å². The van der Waals surface area contributed by atoms with Gasteiger partial charge in [-0.15, -0.1) is 0 Å². The fraction of sp³-hybridized carbons (Fsp3) is 0.462. The number of aliphatic hydroxyl groups is 1. The number of piperidine rings is 1. The van der Waals surface area contributed by atoms with Crippen LogP contribution >= 0.6 is 0 Å². The smallest absolute Gasteiger partial charge is 0.166 e. The molecular formula is C26H27N3O3. The van der Waals surface area contributed by atoms with Crippen molar-refractivity contribution in [2.24, 2.45) is 5.92 Å². The normalized spacial score (nSPS) is 34.3. The molecule has 1 saturated carbocycles. The third kappa shape index (κ3) is 1.84. The fourth-order valence-corrected chi connectivity index (χ4v) is 7.71. The molecule has 2 bridgehead atoms. The average Bonchev–Trinajstić information content (AvgIpc) is 3.39. The number of hydrogen-bond acceptors (Lipinski definition) is 5. The van der Waals surface area contributed by atoms with Crippen LogP contribution in [0.1, 0.15) is 47.8 Å². The summed E-state index contributed by atoms with van der Waals surface area (Å²) in [5, 5.41) is 24.5. The van der Waals surface area contributed by atoms with Gasteiger partial charge in [-0.2, -0.15) is 0 Å². The Labute approximate surface area is 186 Å². The molecule has 32 heavy (non-hydrogen) atoms. The van der Waals surface area contributed by atoms with Crippen LogP contribution in [-0.4, -0.2) is 44.8 Å². The topological polar surface area (TPSA) is 94.7 Å². The molecule has 0 radical (unpaired) electrons. The third-order valence-corrected chi connectivity index (χ3v) is 9.21. The molecule has 4 atom stereocenters. The third-order valence-electron chi connectivity index (χ3n) is 9.21. The van der Waals surface area contributed by atoms with E-state index in [9.17, 15) is 10.2 Å². The number of benzene rings is 2. The number of likely N-dealkylation sites (tertiary alicyclic amines) is 1. The molecule has 0 amide bonds. The molecule has 1 aromatic heterocycles. The molecular weight excluding hydrogens is 402 g/mol. The van der Waals surface area contributed by atoms with Crippen LogP contribution in [0.3, 0.4) is 0 Å². The molecule has 164 valence electrons. The summed E-state index contributed by atoms with van der Waals surface area (Å²) in [6, 6.07) is 9.79. The van der Waals surface area contributed by atoms with E-state index in [0.717, 1.165) is 65.3 Å². The molecule has 1 spiro atoms. The summed E-state index contributed by atoms with van der Waals surface area (Å²) in [6.45, 7) is 2.02. The van der Waals surface area contributed by atoms with Crippen LogP contribution in [0.4, 0.5) is 5.69 Å². The minimum absolute atomic E-state index is 0.0361. The van der Waals surface area contributed by atoms with Crippen molar-refractivity contribution in [2.75, 3.05) is 18.8 Å². The molecule has 3 aromatic rings.